The van der Waals surface area contributed by atoms with Crippen molar-refractivity contribution in [1.29, 1.82) is 0 Å². The Kier molecular flexibility index (Phi) is 5.38. The quantitative estimate of drug-likeness (QED) is 0.892. The summed E-state index contributed by atoms with van der Waals surface area (Å²) in [5, 5.41) is 3.58. The summed E-state index contributed by atoms with van der Waals surface area (Å²) in [5.74, 6) is 0.661. The number of rotatable bonds is 5. The van der Waals surface area contributed by atoms with E-state index >= 15 is 0 Å². The van der Waals surface area contributed by atoms with E-state index in [1.165, 1.54) is 31.9 Å². The van der Waals surface area contributed by atoms with Gasteiger partial charge in [0.05, 0.1) is 0 Å². The minimum Gasteiger partial charge on any atom is -0.383 e. The average Bonchev–Trinajstić information content (AvgIpc) is 2.41. The van der Waals surface area contributed by atoms with Gasteiger partial charge in [0, 0.05) is 56.3 Å². The maximum Gasteiger partial charge on any atom is 0.0393 e. The number of nitrogens with zero attached hydrogens (tertiary/aromatic N) is 3. The van der Waals surface area contributed by atoms with Crippen molar-refractivity contribution in [2.24, 2.45) is 5.92 Å². The molecule has 1 N–H and O–H groups in total. The fraction of sp³-hybridized carbons (Fsp3) is 0.688. The van der Waals surface area contributed by atoms with Crippen LogP contribution in [0.1, 0.15) is 19.5 Å². The van der Waals surface area contributed by atoms with Crippen LogP contribution in [0, 0.1) is 12.8 Å². The van der Waals surface area contributed by atoms with Crippen molar-refractivity contribution < 1.29 is 0 Å². The Labute approximate surface area is 123 Å². The average molecular weight is 276 g/mol. The van der Waals surface area contributed by atoms with Crippen LogP contribution in [0.15, 0.2) is 18.3 Å². The van der Waals surface area contributed by atoms with Gasteiger partial charge < -0.3 is 10.2 Å². The van der Waals surface area contributed by atoms with Gasteiger partial charge >= 0.3 is 0 Å². The molecule has 1 saturated heterocycles. The van der Waals surface area contributed by atoms with E-state index in [1.54, 1.807) is 0 Å². The molecule has 0 radical (unpaired) electrons. The van der Waals surface area contributed by atoms with Crippen LogP contribution in [0.4, 0.5) is 5.69 Å². The van der Waals surface area contributed by atoms with E-state index in [1.807, 2.05) is 19.2 Å². The molecule has 0 bridgehead atoms. The summed E-state index contributed by atoms with van der Waals surface area (Å²) in [6.45, 7) is 12.4. The number of anilines is 1. The Balaban J connectivity index is 1.92. The van der Waals surface area contributed by atoms with Gasteiger partial charge in [0.2, 0.25) is 0 Å². The molecule has 4 heteroatoms. The van der Waals surface area contributed by atoms with Gasteiger partial charge in [-0.25, -0.2) is 0 Å². The Hall–Kier alpha value is -1.13. The smallest absolute Gasteiger partial charge is 0.0393 e. The topological polar surface area (TPSA) is 31.4 Å². The number of hydrogen-bond donors (Lipinski definition) is 1. The van der Waals surface area contributed by atoms with E-state index in [2.05, 4.69) is 47.1 Å². The minimum atomic E-state index is 0.595. The lowest BCUT2D eigenvalue weighted by molar-refractivity contribution is 0.0944. The third-order valence-corrected chi connectivity index (χ3v) is 4.19. The first-order valence-electron chi connectivity index (χ1n) is 7.65. The molecule has 0 spiro atoms. The highest BCUT2D eigenvalue weighted by atomic mass is 15.3. The minimum absolute atomic E-state index is 0.595. The zero-order valence-electron chi connectivity index (χ0n) is 13.3. The Morgan fingerprint density at radius 1 is 1.25 bits per heavy atom. The zero-order chi connectivity index (χ0) is 14.5. The van der Waals surface area contributed by atoms with Crippen molar-refractivity contribution >= 4 is 5.69 Å². The number of pyridine rings is 1. The standard InChI is InChI=1S/C16H28N4/c1-13(2)16(20-9-7-19(4)8-10-20)12-18-15-5-6-17-14(3)11-15/h5-6,11,13,16H,7-10,12H2,1-4H3,(H,17,18). The maximum atomic E-state index is 4.24. The summed E-state index contributed by atoms with van der Waals surface area (Å²) in [6, 6.07) is 4.76. The number of nitrogens with one attached hydrogen (secondary N) is 1. The van der Waals surface area contributed by atoms with Crippen LogP contribution in [0.3, 0.4) is 0 Å². The van der Waals surface area contributed by atoms with Gasteiger partial charge in [0.25, 0.3) is 0 Å². The lowest BCUT2D eigenvalue weighted by atomic mass is 10.0. The van der Waals surface area contributed by atoms with Crippen molar-refractivity contribution in [2.75, 3.05) is 45.1 Å². The van der Waals surface area contributed by atoms with Gasteiger partial charge in [-0.05, 0) is 32.0 Å². The molecule has 2 heterocycles. The first kappa shape index (κ1) is 15.3. The SMILES string of the molecule is Cc1cc(NCC(C(C)C)N2CCN(C)CC2)ccn1. The molecule has 1 aromatic rings. The molecule has 1 aliphatic rings. The molecule has 1 fully saturated rings. The van der Waals surface area contributed by atoms with Gasteiger partial charge in [0.15, 0.2) is 0 Å². The van der Waals surface area contributed by atoms with Crippen molar-refractivity contribution in [2.45, 2.75) is 26.8 Å². The van der Waals surface area contributed by atoms with E-state index in [-0.39, 0.29) is 0 Å². The van der Waals surface area contributed by atoms with Gasteiger partial charge in [-0.3, -0.25) is 9.88 Å². The van der Waals surface area contributed by atoms with Crippen LogP contribution in [0.5, 0.6) is 0 Å². The van der Waals surface area contributed by atoms with Crippen molar-refractivity contribution in [3.05, 3.63) is 24.0 Å². The predicted molar refractivity (Wildman–Crippen MR) is 85.2 cm³/mol. The molecule has 1 aromatic heterocycles. The van der Waals surface area contributed by atoms with Crippen LogP contribution in [0.2, 0.25) is 0 Å². The lowest BCUT2D eigenvalue weighted by Crippen LogP contribution is -2.52. The molecule has 4 nitrogen and oxygen atoms in total. The van der Waals surface area contributed by atoms with Crippen molar-refractivity contribution in [1.82, 2.24) is 14.8 Å². The second kappa shape index (κ2) is 7.04. The highest BCUT2D eigenvalue weighted by Gasteiger charge is 2.24. The summed E-state index contributed by atoms with van der Waals surface area (Å²) < 4.78 is 0. The molecule has 2 rings (SSSR count). The first-order valence-corrected chi connectivity index (χ1v) is 7.65. The van der Waals surface area contributed by atoms with Crippen LogP contribution in [0.25, 0.3) is 0 Å². The third-order valence-electron chi connectivity index (χ3n) is 4.19. The largest absolute Gasteiger partial charge is 0.383 e. The summed E-state index contributed by atoms with van der Waals surface area (Å²) >= 11 is 0. The van der Waals surface area contributed by atoms with E-state index < -0.39 is 0 Å². The molecule has 112 valence electrons. The Bertz CT molecular complexity index is 411. The normalized spacial score (nSPS) is 19.2. The number of hydrogen-bond acceptors (Lipinski definition) is 4. The predicted octanol–water partition coefficient (Wildman–Crippen LogP) is 2.07. The first-order chi connectivity index (χ1) is 9.56. The Morgan fingerprint density at radius 3 is 2.55 bits per heavy atom. The number of likely N-dealkylation sites (N-methyl/N-ethyl adjacent to an activating group) is 1. The van der Waals surface area contributed by atoms with E-state index in [4.69, 9.17) is 0 Å². The van der Waals surface area contributed by atoms with Crippen LogP contribution in [-0.2, 0) is 0 Å². The third kappa shape index (κ3) is 4.18. The number of aryl methyl sites for hydroxylation is 1. The molecule has 1 atom stereocenters. The molecule has 20 heavy (non-hydrogen) atoms. The zero-order valence-corrected chi connectivity index (χ0v) is 13.3. The molecule has 0 aliphatic carbocycles. The summed E-state index contributed by atoms with van der Waals surface area (Å²) in [7, 11) is 2.21. The molecule has 0 saturated carbocycles. The number of piperazine rings is 1. The second-order valence-corrected chi connectivity index (χ2v) is 6.22. The molecular weight excluding hydrogens is 248 g/mol. The molecule has 1 unspecified atom stereocenters. The second-order valence-electron chi connectivity index (χ2n) is 6.22. The molecule has 0 aromatic carbocycles. The fourth-order valence-electron chi connectivity index (χ4n) is 2.82. The van der Waals surface area contributed by atoms with Crippen molar-refractivity contribution in [3.63, 3.8) is 0 Å². The molecule has 1 aliphatic heterocycles. The summed E-state index contributed by atoms with van der Waals surface area (Å²) in [4.78, 5) is 9.29. The van der Waals surface area contributed by atoms with Crippen LogP contribution >= 0.6 is 0 Å². The van der Waals surface area contributed by atoms with Gasteiger partial charge in [-0.1, -0.05) is 13.8 Å². The monoisotopic (exact) mass is 276 g/mol. The van der Waals surface area contributed by atoms with E-state index in [0.29, 0.717) is 12.0 Å². The lowest BCUT2D eigenvalue weighted by Gasteiger charge is -2.40. The van der Waals surface area contributed by atoms with Gasteiger partial charge in [-0.2, -0.15) is 0 Å². The summed E-state index contributed by atoms with van der Waals surface area (Å²) in [5.41, 5.74) is 2.24. The number of aromatic nitrogens is 1. The van der Waals surface area contributed by atoms with Gasteiger partial charge in [0.1, 0.15) is 0 Å². The van der Waals surface area contributed by atoms with E-state index in [0.717, 1.165) is 12.2 Å². The fourth-order valence-corrected chi connectivity index (χ4v) is 2.82. The highest BCUT2D eigenvalue weighted by molar-refractivity contribution is 5.43. The highest BCUT2D eigenvalue weighted by Crippen LogP contribution is 2.15. The summed E-state index contributed by atoms with van der Waals surface area (Å²) in [6.07, 6.45) is 1.87. The van der Waals surface area contributed by atoms with E-state index in [9.17, 15) is 0 Å². The maximum absolute atomic E-state index is 4.24. The Morgan fingerprint density at radius 2 is 1.95 bits per heavy atom. The molecular formula is C16H28N4. The van der Waals surface area contributed by atoms with Crippen LogP contribution < -0.4 is 5.32 Å². The van der Waals surface area contributed by atoms with Crippen molar-refractivity contribution in [3.8, 4) is 0 Å². The van der Waals surface area contributed by atoms with Gasteiger partial charge in [-0.15, -0.1) is 0 Å². The molecule has 0 amide bonds. The van der Waals surface area contributed by atoms with Crippen LogP contribution in [-0.4, -0.2) is 60.6 Å².